The molecular formula is C33H32F3N5O4. The molecule has 0 amide bonds. The van der Waals surface area contributed by atoms with Gasteiger partial charge >= 0.3 is 6.01 Å². The lowest BCUT2D eigenvalue weighted by molar-refractivity contribution is 0.107. The van der Waals surface area contributed by atoms with Gasteiger partial charge in [0.2, 0.25) is 5.88 Å². The Morgan fingerprint density at radius 3 is 2.84 bits per heavy atom. The molecular weight excluding hydrogens is 587 g/mol. The number of terminal acetylenes is 1. The fraction of sp³-hybridized carbons (Fsp3) is 0.424. The van der Waals surface area contributed by atoms with E-state index in [1.165, 1.54) is 24.3 Å². The van der Waals surface area contributed by atoms with Crippen LogP contribution in [0.2, 0.25) is 0 Å². The van der Waals surface area contributed by atoms with Crippen LogP contribution in [0.25, 0.3) is 32.9 Å². The van der Waals surface area contributed by atoms with Crippen molar-refractivity contribution in [2.24, 2.45) is 0 Å². The highest BCUT2D eigenvalue weighted by atomic mass is 19.1. The molecule has 5 heterocycles. The highest BCUT2D eigenvalue weighted by molar-refractivity contribution is 6.04. The molecule has 12 heteroatoms. The molecule has 2 aromatic heterocycles. The van der Waals surface area contributed by atoms with Crippen LogP contribution >= 0.6 is 0 Å². The third kappa shape index (κ3) is 4.85. The number of anilines is 1. The molecule has 0 bridgehead atoms. The minimum atomic E-state index is -0.952. The molecule has 2 N–H and O–H groups in total. The van der Waals surface area contributed by atoms with Gasteiger partial charge < -0.3 is 24.6 Å². The van der Waals surface area contributed by atoms with Crippen LogP contribution in [0.15, 0.2) is 24.3 Å². The molecule has 3 aliphatic rings. The summed E-state index contributed by atoms with van der Waals surface area (Å²) in [5.41, 5.74) is -0.917. The molecule has 0 spiro atoms. The van der Waals surface area contributed by atoms with E-state index in [1.807, 2.05) is 11.8 Å². The van der Waals surface area contributed by atoms with Crippen molar-refractivity contribution in [3.05, 3.63) is 41.5 Å². The average Bonchev–Trinajstić information content (AvgIpc) is 3.51. The maximum Gasteiger partial charge on any atom is 0.319 e. The number of rotatable bonds is 7. The number of alkyl halides is 1. The van der Waals surface area contributed by atoms with Gasteiger partial charge in [0.25, 0.3) is 0 Å². The molecule has 0 aliphatic carbocycles. The Kier molecular flexibility index (Phi) is 7.33. The zero-order valence-corrected chi connectivity index (χ0v) is 24.7. The van der Waals surface area contributed by atoms with Crippen LogP contribution in [0, 0.1) is 24.0 Å². The molecule has 4 aromatic rings. The summed E-state index contributed by atoms with van der Waals surface area (Å²) < 4.78 is 58.5. The molecule has 0 saturated carbocycles. The number of aliphatic hydroxyl groups excluding tert-OH is 1. The van der Waals surface area contributed by atoms with Crippen molar-refractivity contribution in [3.8, 4) is 41.2 Å². The summed E-state index contributed by atoms with van der Waals surface area (Å²) in [6.45, 7) is 3.65. The number of aromatic nitrogens is 3. The van der Waals surface area contributed by atoms with Crippen LogP contribution in [0.5, 0.6) is 17.6 Å². The van der Waals surface area contributed by atoms with E-state index in [0.717, 1.165) is 19.4 Å². The number of pyridine rings is 1. The summed E-state index contributed by atoms with van der Waals surface area (Å²) in [5, 5.41) is 21.0. The maximum absolute atomic E-state index is 16.9. The van der Waals surface area contributed by atoms with Gasteiger partial charge in [-0.15, -0.1) is 6.42 Å². The normalized spacial score (nSPS) is 22.8. The van der Waals surface area contributed by atoms with Crippen molar-refractivity contribution < 1.29 is 32.9 Å². The maximum atomic E-state index is 16.9. The first-order chi connectivity index (χ1) is 21.7. The molecule has 2 fully saturated rings. The van der Waals surface area contributed by atoms with Crippen LogP contribution in [-0.2, 0) is 0 Å². The second kappa shape index (κ2) is 11.2. The summed E-state index contributed by atoms with van der Waals surface area (Å²) in [6.07, 6.45) is 7.18. The number of phenols is 1. The Balaban J connectivity index is 1.44. The number of benzene rings is 2. The van der Waals surface area contributed by atoms with Crippen molar-refractivity contribution in [2.75, 3.05) is 44.4 Å². The number of nitrogens with zero attached hydrogens (tertiary/aromatic N) is 5. The average molecular weight is 620 g/mol. The number of phenolic OH excluding ortho intramolecular Hbond substituents is 1. The largest absolute Gasteiger partial charge is 0.508 e. The Morgan fingerprint density at radius 1 is 1.20 bits per heavy atom. The predicted octanol–water partition coefficient (Wildman–Crippen LogP) is 4.74. The number of hydrogen-bond acceptors (Lipinski definition) is 9. The SMILES string of the molecule is C#Cc1c(F)ccc2cc(O)cc(-c3nc4c5c(nc(OC[C@@]67CCCN6C[C@H](F)C7)nc5c3F)N(CCCO)[C@@H](C)CO4)c12. The Bertz CT molecular complexity index is 1870. The molecule has 0 radical (unpaired) electrons. The van der Waals surface area contributed by atoms with Gasteiger partial charge in [0, 0.05) is 37.1 Å². The fourth-order valence-corrected chi connectivity index (χ4v) is 7.12. The summed E-state index contributed by atoms with van der Waals surface area (Å²) >= 11 is 0. The molecule has 234 valence electrons. The quantitative estimate of drug-likeness (QED) is 0.284. The van der Waals surface area contributed by atoms with E-state index >= 15 is 4.39 Å². The monoisotopic (exact) mass is 619 g/mol. The number of halogens is 3. The van der Waals surface area contributed by atoms with Crippen molar-refractivity contribution in [3.63, 3.8) is 0 Å². The Hall–Kier alpha value is -4.34. The molecule has 0 unspecified atom stereocenters. The first-order valence-corrected chi connectivity index (χ1v) is 15.1. The molecule has 3 aliphatic heterocycles. The van der Waals surface area contributed by atoms with E-state index < -0.39 is 23.3 Å². The Morgan fingerprint density at radius 2 is 2.04 bits per heavy atom. The summed E-state index contributed by atoms with van der Waals surface area (Å²) in [4.78, 5) is 17.8. The molecule has 3 atom stereocenters. The fourth-order valence-electron chi connectivity index (χ4n) is 7.12. The minimum Gasteiger partial charge on any atom is -0.508 e. The lowest BCUT2D eigenvalue weighted by Crippen LogP contribution is -2.43. The summed E-state index contributed by atoms with van der Waals surface area (Å²) in [6, 6.07) is 4.98. The van der Waals surface area contributed by atoms with E-state index in [9.17, 15) is 19.0 Å². The van der Waals surface area contributed by atoms with Crippen LogP contribution < -0.4 is 14.4 Å². The summed E-state index contributed by atoms with van der Waals surface area (Å²) in [5.74, 6) is 0.982. The highest BCUT2D eigenvalue weighted by Gasteiger charge is 2.49. The number of aliphatic hydroxyl groups is 1. The van der Waals surface area contributed by atoms with Crippen LogP contribution in [0.4, 0.5) is 19.0 Å². The number of fused-ring (bicyclic) bond motifs is 2. The summed E-state index contributed by atoms with van der Waals surface area (Å²) in [7, 11) is 0. The first kappa shape index (κ1) is 29.4. The second-order valence-electron chi connectivity index (χ2n) is 12.1. The lowest BCUT2D eigenvalue weighted by Gasteiger charge is -2.31. The third-order valence-electron chi connectivity index (χ3n) is 9.22. The van der Waals surface area contributed by atoms with E-state index in [2.05, 4.69) is 20.8 Å². The van der Waals surface area contributed by atoms with E-state index in [-0.39, 0.29) is 76.6 Å². The van der Waals surface area contributed by atoms with Gasteiger partial charge in [-0.3, -0.25) is 4.90 Å². The molecule has 9 nitrogen and oxygen atoms in total. The number of aromatic hydroxyl groups is 1. The molecule has 2 aromatic carbocycles. The standard InChI is InChI=1S/C33H32F3N5O4/c1-3-22-24(35)7-6-19-12-21(43)13-23(25(19)22)28-27(36)29-26-30(41(10-5-11-42)18(2)16-44-31(26)37-28)39-32(38-29)45-17-33-8-4-9-40(33)15-20(34)14-33/h1,6-7,12-13,18,20,42-43H,4-5,8-11,14-17H2,2H3/t18-,20+,33-/m0/s1. The smallest absolute Gasteiger partial charge is 0.319 e. The predicted molar refractivity (Wildman–Crippen MR) is 162 cm³/mol. The van der Waals surface area contributed by atoms with E-state index in [4.69, 9.17) is 20.9 Å². The van der Waals surface area contributed by atoms with Crippen LogP contribution in [0.1, 0.15) is 38.2 Å². The van der Waals surface area contributed by atoms with Crippen LogP contribution in [0.3, 0.4) is 0 Å². The van der Waals surface area contributed by atoms with E-state index in [1.54, 1.807) is 0 Å². The molecule has 7 rings (SSSR count). The second-order valence-corrected chi connectivity index (χ2v) is 12.1. The van der Waals surface area contributed by atoms with Crippen molar-refractivity contribution in [1.82, 2.24) is 19.9 Å². The number of ether oxygens (including phenoxy) is 2. The molecule has 45 heavy (non-hydrogen) atoms. The zero-order valence-electron chi connectivity index (χ0n) is 24.7. The third-order valence-corrected chi connectivity index (χ3v) is 9.22. The van der Waals surface area contributed by atoms with Gasteiger partial charge in [-0.05, 0) is 56.3 Å². The van der Waals surface area contributed by atoms with Crippen molar-refractivity contribution >= 4 is 27.5 Å². The molecule has 2 saturated heterocycles. The van der Waals surface area contributed by atoms with Gasteiger partial charge in [0.05, 0.1) is 17.1 Å². The minimum absolute atomic E-state index is 0.0491. The van der Waals surface area contributed by atoms with Gasteiger partial charge in [0.1, 0.15) is 53.4 Å². The van der Waals surface area contributed by atoms with Gasteiger partial charge in [-0.1, -0.05) is 12.0 Å². The zero-order chi connectivity index (χ0) is 31.5. The van der Waals surface area contributed by atoms with Gasteiger partial charge in [0.15, 0.2) is 5.82 Å². The van der Waals surface area contributed by atoms with Gasteiger partial charge in [-0.2, -0.15) is 9.97 Å². The number of hydrogen-bond donors (Lipinski definition) is 2. The first-order valence-electron chi connectivity index (χ1n) is 15.1. The van der Waals surface area contributed by atoms with Crippen molar-refractivity contribution in [1.29, 1.82) is 0 Å². The topological polar surface area (TPSA) is 104 Å². The highest BCUT2D eigenvalue weighted by Crippen LogP contribution is 2.44. The lowest BCUT2D eigenvalue weighted by atomic mass is 9.95. The van der Waals surface area contributed by atoms with E-state index in [0.29, 0.717) is 37.1 Å². The Labute approximate surface area is 257 Å². The van der Waals surface area contributed by atoms with Crippen LogP contribution in [-0.4, -0.2) is 87.3 Å². The van der Waals surface area contributed by atoms with Gasteiger partial charge in [-0.25, -0.2) is 18.2 Å². The van der Waals surface area contributed by atoms with Crippen molar-refractivity contribution in [2.45, 2.75) is 50.4 Å².